The molecule has 6 nitrogen and oxygen atoms in total. The SMILES string of the molecule is CC(C)O[C@H]1CN(c2nc(CCN)nc3ccccc23)C[C@@H]1O. The van der Waals surface area contributed by atoms with Gasteiger partial charge in [-0.05, 0) is 32.5 Å². The van der Waals surface area contributed by atoms with Gasteiger partial charge in [-0.1, -0.05) is 12.1 Å². The van der Waals surface area contributed by atoms with Crippen molar-refractivity contribution in [2.75, 3.05) is 24.5 Å². The number of β-amino-alcohol motifs (C(OH)–C–C–N with tert-alkyl or cyclic N) is 1. The van der Waals surface area contributed by atoms with Crippen molar-refractivity contribution in [3.8, 4) is 0 Å². The van der Waals surface area contributed by atoms with Gasteiger partial charge in [-0.15, -0.1) is 0 Å². The number of hydrogen-bond acceptors (Lipinski definition) is 6. The number of benzene rings is 1. The van der Waals surface area contributed by atoms with E-state index in [2.05, 4.69) is 14.9 Å². The lowest BCUT2D eigenvalue weighted by molar-refractivity contribution is -0.0386. The molecule has 2 heterocycles. The first kappa shape index (κ1) is 16.1. The Hall–Kier alpha value is -1.76. The van der Waals surface area contributed by atoms with E-state index in [0.717, 1.165) is 22.5 Å². The molecule has 3 N–H and O–H groups in total. The van der Waals surface area contributed by atoms with Gasteiger partial charge in [0.15, 0.2) is 0 Å². The highest BCUT2D eigenvalue weighted by molar-refractivity contribution is 5.89. The Morgan fingerprint density at radius 1 is 1.30 bits per heavy atom. The molecule has 0 aliphatic carbocycles. The van der Waals surface area contributed by atoms with Gasteiger partial charge in [0, 0.05) is 24.9 Å². The Balaban J connectivity index is 1.95. The number of aliphatic hydroxyl groups excluding tert-OH is 1. The van der Waals surface area contributed by atoms with Gasteiger partial charge in [-0.3, -0.25) is 0 Å². The van der Waals surface area contributed by atoms with Crippen LogP contribution in [0, 0.1) is 0 Å². The van der Waals surface area contributed by atoms with E-state index in [9.17, 15) is 5.11 Å². The van der Waals surface area contributed by atoms with Crippen molar-refractivity contribution in [3.63, 3.8) is 0 Å². The molecule has 0 spiro atoms. The highest BCUT2D eigenvalue weighted by Crippen LogP contribution is 2.28. The van der Waals surface area contributed by atoms with E-state index in [-0.39, 0.29) is 12.2 Å². The molecule has 0 saturated carbocycles. The Kier molecular flexibility index (Phi) is 4.75. The molecular weight excluding hydrogens is 292 g/mol. The maximum atomic E-state index is 10.3. The van der Waals surface area contributed by atoms with Crippen LogP contribution in [0.5, 0.6) is 0 Å². The number of fused-ring (bicyclic) bond motifs is 1. The molecule has 1 saturated heterocycles. The third-order valence-electron chi connectivity index (χ3n) is 3.98. The van der Waals surface area contributed by atoms with Crippen molar-refractivity contribution in [1.82, 2.24) is 9.97 Å². The summed E-state index contributed by atoms with van der Waals surface area (Å²) in [4.78, 5) is 11.3. The molecule has 2 aromatic rings. The van der Waals surface area contributed by atoms with Crippen LogP contribution in [0.25, 0.3) is 10.9 Å². The monoisotopic (exact) mass is 316 g/mol. The minimum atomic E-state index is -0.510. The summed E-state index contributed by atoms with van der Waals surface area (Å²) < 4.78 is 5.81. The van der Waals surface area contributed by atoms with Crippen molar-refractivity contribution in [2.45, 2.75) is 38.6 Å². The number of anilines is 1. The number of ether oxygens (including phenoxy) is 1. The minimum Gasteiger partial charge on any atom is -0.388 e. The fraction of sp³-hybridized carbons (Fsp3) is 0.529. The van der Waals surface area contributed by atoms with E-state index in [1.807, 2.05) is 38.1 Å². The van der Waals surface area contributed by atoms with E-state index in [4.69, 9.17) is 10.5 Å². The minimum absolute atomic E-state index is 0.0875. The van der Waals surface area contributed by atoms with Crippen LogP contribution < -0.4 is 10.6 Å². The molecule has 0 unspecified atom stereocenters. The zero-order valence-corrected chi connectivity index (χ0v) is 13.6. The summed E-state index contributed by atoms with van der Waals surface area (Å²) >= 11 is 0. The molecule has 1 aliphatic rings. The third-order valence-corrected chi connectivity index (χ3v) is 3.98. The standard InChI is InChI=1S/C17H24N4O2/c1-11(2)23-15-10-21(9-14(15)22)17-12-5-3-4-6-13(12)19-16(20-17)7-8-18/h3-6,11,14-15,22H,7-10,18H2,1-2H3/t14-,15-/m0/s1. The van der Waals surface area contributed by atoms with Crippen molar-refractivity contribution in [3.05, 3.63) is 30.1 Å². The summed E-state index contributed by atoms with van der Waals surface area (Å²) in [5, 5.41) is 11.3. The third kappa shape index (κ3) is 3.44. The first-order valence-corrected chi connectivity index (χ1v) is 8.12. The smallest absolute Gasteiger partial charge is 0.140 e. The van der Waals surface area contributed by atoms with Crippen LogP contribution in [0.1, 0.15) is 19.7 Å². The first-order chi connectivity index (χ1) is 11.1. The van der Waals surface area contributed by atoms with E-state index in [0.29, 0.717) is 26.1 Å². The summed E-state index contributed by atoms with van der Waals surface area (Å²) in [5.41, 5.74) is 6.56. The molecule has 1 fully saturated rings. The normalized spacial score (nSPS) is 21.5. The zero-order chi connectivity index (χ0) is 16.4. The van der Waals surface area contributed by atoms with Crippen LogP contribution in [-0.2, 0) is 11.2 Å². The summed E-state index contributed by atoms with van der Waals surface area (Å²) in [6.45, 7) is 5.62. The molecule has 2 atom stereocenters. The number of hydrogen-bond donors (Lipinski definition) is 2. The average Bonchev–Trinajstić information content (AvgIpc) is 2.87. The van der Waals surface area contributed by atoms with Crippen LogP contribution in [0.15, 0.2) is 24.3 Å². The number of nitrogens with two attached hydrogens (primary N) is 1. The van der Waals surface area contributed by atoms with Crippen LogP contribution in [0.2, 0.25) is 0 Å². The average molecular weight is 316 g/mol. The van der Waals surface area contributed by atoms with Crippen molar-refractivity contribution >= 4 is 16.7 Å². The van der Waals surface area contributed by atoms with Gasteiger partial charge in [0.1, 0.15) is 17.7 Å². The van der Waals surface area contributed by atoms with E-state index >= 15 is 0 Å². The van der Waals surface area contributed by atoms with Gasteiger partial charge < -0.3 is 20.5 Å². The van der Waals surface area contributed by atoms with E-state index in [1.165, 1.54) is 0 Å². The van der Waals surface area contributed by atoms with Crippen molar-refractivity contribution in [2.24, 2.45) is 5.73 Å². The number of para-hydroxylation sites is 1. The Bertz CT molecular complexity index is 677. The second-order valence-electron chi connectivity index (χ2n) is 6.21. The van der Waals surface area contributed by atoms with E-state index in [1.54, 1.807) is 0 Å². The largest absolute Gasteiger partial charge is 0.388 e. The van der Waals surface area contributed by atoms with Gasteiger partial charge in [0.25, 0.3) is 0 Å². The van der Waals surface area contributed by atoms with Gasteiger partial charge in [-0.2, -0.15) is 0 Å². The first-order valence-electron chi connectivity index (χ1n) is 8.12. The second-order valence-corrected chi connectivity index (χ2v) is 6.21. The molecule has 0 bridgehead atoms. The maximum absolute atomic E-state index is 10.3. The van der Waals surface area contributed by atoms with Gasteiger partial charge in [-0.25, -0.2) is 9.97 Å². The fourth-order valence-electron chi connectivity index (χ4n) is 3.00. The van der Waals surface area contributed by atoms with Crippen LogP contribution >= 0.6 is 0 Å². The molecule has 6 heteroatoms. The summed E-state index contributed by atoms with van der Waals surface area (Å²) in [5.74, 6) is 1.59. The molecule has 1 aromatic carbocycles. The zero-order valence-electron chi connectivity index (χ0n) is 13.6. The molecular formula is C17H24N4O2. The van der Waals surface area contributed by atoms with E-state index < -0.39 is 6.10 Å². The molecule has 1 aliphatic heterocycles. The lowest BCUT2D eigenvalue weighted by Crippen LogP contribution is -2.29. The quantitative estimate of drug-likeness (QED) is 0.859. The number of nitrogens with zero attached hydrogens (tertiary/aromatic N) is 3. The van der Waals surface area contributed by atoms with Crippen molar-refractivity contribution < 1.29 is 9.84 Å². The Morgan fingerprint density at radius 2 is 2.09 bits per heavy atom. The van der Waals surface area contributed by atoms with Crippen LogP contribution in [0.4, 0.5) is 5.82 Å². The number of rotatable bonds is 5. The van der Waals surface area contributed by atoms with Crippen LogP contribution in [-0.4, -0.2) is 53.0 Å². The molecule has 0 amide bonds. The van der Waals surface area contributed by atoms with Gasteiger partial charge >= 0.3 is 0 Å². The molecule has 0 radical (unpaired) electrons. The Morgan fingerprint density at radius 3 is 2.83 bits per heavy atom. The summed E-state index contributed by atoms with van der Waals surface area (Å²) in [6.07, 6.45) is 0.0236. The summed E-state index contributed by atoms with van der Waals surface area (Å²) in [6, 6.07) is 7.94. The predicted molar refractivity (Wildman–Crippen MR) is 90.5 cm³/mol. The van der Waals surface area contributed by atoms with Crippen molar-refractivity contribution in [1.29, 1.82) is 0 Å². The lowest BCUT2D eigenvalue weighted by Gasteiger charge is -2.20. The predicted octanol–water partition coefficient (Wildman–Crippen LogP) is 1.11. The highest BCUT2D eigenvalue weighted by atomic mass is 16.5. The molecule has 23 heavy (non-hydrogen) atoms. The van der Waals surface area contributed by atoms with Crippen LogP contribution in [0.3, 0.4) is 0 Å². The molecule has 1 aromatic heterocycles. The molecule has 124 valence electrons. The Labute approximate surface area is 136 Å². The number of aliphatic hydroxyl groups is 1. The lowest BCUT2D eigenvalue weighted by atomic mass is 10.2. The fourth-order valence-corrected chi connectivity index (χ4v) is 3.00. The molecule has 3 rings (SSSR count). The maximum Gasteiger partial charge on any atom is 0.140 e. The highest BCUT2D eigenvalue weighted by Gasteiger charge is 2.34. The second kappa shape index (κ2) is 6.78. The van der Waals surface area contributed by atoms with Gasteiger partial charge in [0.05, 0.1) is 17.7 Å². The topological polar surface area (TPSA) is 84.5 Å². The number of aromatic nitrogens is 2. The summed E-state index contributed by atoms with van der Waals surface area (Å²) in [7, 11) is 0. The van der Waals surface area contributed by atoms with Gasteiger partial charge in [0.2, 0.25) is 0 Å².